The van der Waals surface area contributed by atoms with Crippen LogP contribution in [0.25, 0.3) is 27.9 Å². The Morgan fingerprint density at radius 1 is 1.15 bits per heavy atom. The van der Waals surface area contributed by atoms with Gasteiger partial charge in [-0.2, -0.15) is 0 Å². The van der Waals surface area contributed by atoms with Crippen LogP contribution in [0.15, 0.2) is 71.5 Å². The predicted octanol–water partition coefficient (Wildman–Crippen LogP) is 4.96. The zero-order valence-electron chi connectivity index (χ0n) is 18.2. The van der Waals surface area contributed by atoms with Crippen LogP contribution in [0.4, 0.5) is 5.82 Å². The van der Waals surface area contributed by atoms with E-state index in [-0.39, 0.29) is 5.91 Å². The zero-order valence-corrected chi connectivity index (χ0v) is 18.2. The molecule has 1 fully saturated rings. The van der Waals surface area contributed by atoms with Gasteiger partial charge in [-0.05, 0) is 61.7 Å². The van der Waals surface area contributed by atoms with E-state index in [2.05, 4.69) is 40.2 Å². The minimum absolute atomic E-state index is 0.0169. The van der Waals surface area contributed by atoms with Crippen molar-refractivity contribution in [2.24, 2.45) is 0 Å². The lowest BCUT2D eigenvalue weighted by molar-refractivity contribution is 0.0951. The summed E-state index contributed by atoms with van der Waals surface area (Å²) in [4.78, 5) is 21.9. The molecule has 0 bridgehead atoms. The van der Waals surface area contributed by atoms with Gasteiger partial charge in [0.1, 0.15) is 5.76 Å². The van der Waals surface area contributed by atoms with Crippen molar-refractivity contribution in [3.8, 4) is 11.3 Å². The molecule has 6 rings (SSSR count). The summed E-state index contributed by atoms with van der Waals surface area (Å²) < 4.78 is 7.57. The normalized spacial score (nSPS) is 13.5. The lowest BCUT2D eigenvalue weighted by Gasteiger charge is -2.12. The van der Waals surface area contributed by atoms with Crippen LogP contribution in [0, 0.1) is 6.92 Å². The van der Waals surface area contributed by atoms with E-state index in [1.807, 2.05) is 42.6 Å². The minimum Gasteiger partial charge on any atom is -0.467 e. The maximum Gasteiger partial charge on any atom is 0.251 e. The van der Waals surface area contributed by atoms with Crippen LogP contribution >= 0.6 is 0 Å². The smallest absolute Gasteiger partial charge is 0.251 e. The third-order valence-corrected chi connectivity index (χ3v) is 5.94. The predicted molar refractivity (Wildman–Crippen MR) is 127 cm³/mol. The third-order valence-electron chi connectivity index (χ3n) is 5.94. The number of amides is 1. The average Bonchev–Trinajstić information content (AvgIpc) is 3.30. The summed E-state index contributed by atoms with van der Waals surface area (Å²) in [5, 5.41) is 6.41. The van der Waals surface area contributed by atoms with Gasteiger partial charge in [0.15, 0.2) is 11.5 Å². The molecule has 5 aromatic rings. The Kier molecular flexibility index (Phi) is 4.61. The molecule has 1 aliphatic rings. The Hall–Kier alpha value is -4.13. The van der Waals surface area contributed by atoms with E-state index in [1.54, 1.807) is 6.26 Å². The number of nitrogens with zero attached hydrogens (tertiary/aromatic N) is 3. The van der Waals surface area contributed by atoms with Crippen molar-refractivity contribution < 1.29 is 9.21 Å². The first-order valence-corrected chi connectivity index (χ1v) is 11.1. The SMILES string of the molecule is Cc1ccc2c(c1)nc(NCc1ccco1)c1ncc(-c3ccc(C(=O)NC4CC4)cc3)n12. The highest BCUT2D eigenvalue weighted by atomic mass is 16.3. The number of rotatable bonds is 6. The van der Waals surface area contributed by atoms with Crippen LogP contribution in [0.3, 0.4) is 0 Å². The third kappa shape index (κ3) is 3.71. The number of nitrogens with one attached hydrogen (secondary N) is 2. The Balaban J connectivity index is 1.43. The first-order valence-electron chi connectivity index (χ1n) is 11.1. The molecule has 0 radical (unpaired) electrons. The van der Waals surface area contributed by atoms with E-state index in [0.29, 0.717) is 24.0 Å². The van der Waals surface area contributed by atoms with Crippen LogP contribution in [0.5, 0.6) is 0 Å². The van der Waals surface area contributed by atoms with Crippen LogP contribution in [0.2, 0.25) is 0 Å². The molecule has 0 spiro atoms. The summed E-state index contributed by atoms with van der Waals surface area (Å²) in [6.07, 6.45) is 5.66. The quantitative estimate of drug-likeness (QED) is 0.392. The molecule has 2 aromatic carbocycles. The number of hydrogen-bond acceptors (Lipinski definition) is 5. The molecule has 164 valence electrons. The average molecular weight is 438 g/mol. The highest BCUT2D eigenvalue weighted by Gasteiger charge is 2.24. The summed E-state index contributed by atoms with van der Waals surface area (Å²) in [6, 6.07) is 18.0. The van der Waals surface area contributed by atoms with Crippen molar-refractivity contribution >= 4 is 28.4 Å². The molecular weight excluding hydrogens is 414 g/mol. The number of hydrogen-bond donors (Lipinski definition) is 2. The van der Waals surface area contributed by atoms with Crippen molar-refractivity contribution in [1.82, 2.24) is 19.7 Å². The maximum absolute atomic E-state index is 12.4. The van der Waals surface area contributed by atoms with Gasteiger partial charge in [-0.3, -0.25) is 9.20 Å². The van der Waals surface area contributed by atoms with E-state index < -0.39 is 0 Å². The van der Waals surface area contributed by atoms with Crippen molar-refractivity contribution in [3.63, 3.8) is 0 Å². The number of fused-ring (bicyclic) bond motifs is 3. The van der Waals surface area contributed by atoms with E-state index >= 15 is 0 Å². The zero-order chi connectivity index (χ0) is 22.4. The highest BCUT2D eigenvalue weighted by Crippen LogP contribution is 2.29. The second kappa shape index (κ2) is 7.78. The van der Waals surface area contributed by atoms with Gasteiger partial charge in [-0.25, -0.2) is 9.97 Å². The molecule has 7 nitrogen and oxygen atoms in total. The Bertz CT molecular complexity index is 1460. The van der Waals surface area contributed by atoms with Crippen molar-refractivity contribution in [3.05, 3.63) is 83.9 Å². The minimum atomic E-state index is -0.0169. The fourth-order valence-electron chi connectivity index (χ4n) is 4.04. The van der Waals surface area contributed by atoms with E-state index in [1.165, 1.54) is 0 Å². The molecule has 2 N–H and O–H groups in total. The standard InChI is InChI=1S/C26H23N5O2/c1-16-4-11-22-21(13-16)30-24(27-14-20-3-2-12-33-20)25-28-15-23(31(22)25)17-5-7-18(8-6-17)26(32)29-19-9-10-19/h2-8,11-13,15,19H,9-10,14H2,1H3,(H,27,30)(H,29,32). The molecule has 3 aromatic heterocycles. The molecule has 7 heteroatoms. The molecule has 33 heavy (non-hydrogen) atoms. The number of furan rings is 1. The van der Waals surface area contributed by atoms with Crippen LogP contribution < -0.4 is 10.6 Å². The van der Waals surface area contributed by atoms with Crippen molar-refractivity contribution in [1.29, 1.82) is 0 Å². The number of aryl methyl sites for hydroxylation is 1. The molecular formula is C26H23N5O2. The maximum atomic E-state index is 12.4. The summed E-state index contributed by atoms with van der Waals surface area (Å²) in [6.45, 7) is 2.57. The van der Waals surface area contributed by atoms with E-state index in [9.17, 15) is 4.79 Å². The summed E-state index contributed by atoms with van der Waals surface area (Å²) in [5.41, 5.74) is 6.32. The van der Waals surface area contributed by atoms with Gasteiger partial charge in [0.25, 0.3) is 5.91 Å². The number of carbonyl (C=O) groups excluding carboxylic acids is 1. The Labute approximate surface area is 190 Å². The number of imidazole rings is 1. The highest BCUT2D eigenvalue weighted by molar-refractivity contribution is 5.95. The molecule has 0 aliphatic heterocycles. The monoisotopic (exact) mass is 437 g/mol. The van der Waals surface area contributed by atoms with Gasteiger partial charge < -0.3 is 15.1 Å². The summed E-state index contributed by atoms with van der Waals surface area (Å²) in [7, 11) is 0. The van der Waals surface area contributed by atoms with Crippen LogP contribution in [-0.2, 0) is 6.54 Å². The second-order valence-electron chi connectivity index (χ2n) is 8.51. The van der Waals surface area contributed by atoms with Crippen LogP contribution in [0.1, 0.15) is 34.5 Å². The first kappa shape index (κ1) is 19.5. The number of anilines is 1. The number of benzene rings is 2. The number of aromatic nitrogens is 3. The molecule has 0 unspecified atom stereocenters. The lowest BCUT2D eigenvalue weighted by atomic mass is 10.1. The van der Waals surface area contributed by atoms with Gasteiger partial charge in [0.2, 0.25) is 0 Å². The molecule has 0 atom stereocenters. The topological polar surface area (TPSA) is 84.5 Å². The number of carbonyl (C=O) groups is 1. The molecule has 0 saturated heterocycles. The van der Waals surface area contributed by atoms with Crippen LogP contribution in [-0.4, -0.2) is 26.3 Å². The first-order chi connectivity index (χ1) is 16.2. The summed E-state index contributed by atoms with van der Waals surface area (Å²) in [5.74, 6) is 1.50. The van der Waals surface area contributed by atoms with Gasteiger partial charge in [0, 0.05) is 17.2 Å². The van der Waals surface area contributed by atoms with E-state index in [4.69, 9.17) is 14.4 Å². The largest absolute Gasteiger partial charge is 0.467 e. The van der Waals surface area contributed by atoms with Crippen molar-refractivity contribution in [2.45, 2.75) is 32.4 Å². The Morgan fingerprint density at radius 3 is 2.76 bits per heavy atom. The molecule has 3 heterocycles. The Morgan fingerprint density at radius 2 is 2.00 bits per heavy atom. The lowest BCUT2D eigenvalue weighted by Crippen LogP contribution is -2.25. The van der Waals surface area contributed by atoms with Gasteiger partial charge in [0.05, 0.1) is 35.7 Å². The van der Waals surface area contributed by atoms with Gasteiger partial charge in [-0.15, -0.1) is 0 Å². The molecule has 1 saturated carbocycles. The van der Waals surface area contributed by atoms with Gasteiger partial charge in [-0.1, -0.05) is 18.2 Å². The fourth-order valence-corrected chi connectivity index (χ4v) is 4.04. The second-order valence-corrected chi connectivity index (χ2v) is 8.51. The molecule has 1 amide bonds. The van der Waals surface area contributed by atoms with E-state index in [0.717, 1.165) is 52.1 Å². The van der Waals surface area contributed by atoms with Gasteiger partial charge >= 0.3 is 0 Å². The van der Waals surface area contributed by atoms with Crippen molar-refractivity contribution in [2.75, 3.05) is 5.32 Å². The summed E-state index contributed by atoms with van der Waals surface area (Å²) >= 11 is 0. The fraction of sp³-hybridized carbons (Fsp3) is 0.192. The molecule has 1 aliphatic carbocycles.